The highest BCUT2D eigenvalue weighted by Crippen LogP contribution is 2.19. The Bertz CT molecular complexity index is 480. The van der Waals surface area contributed by atoms with Crippen molar-refractivity contribution in [1.82, 2.24) is 15.2 Å². The Hall–Kier alpha value is -1.25. The molecule has 0 saturated carbocycles. The van der Waals surface area contributed by atoms with Crippen LogP contribution >= 0.6 is 22.6 Å². The molecule has 2 aromatic rings. The first-order valence-electron chi connectivity index (χ1n) is 3.32. The molecule has 0 saturated heterocycles. The number of fused-ring (bicyclic) bond motifs is 1. The summed E-state index contributed by atoms with van der Waals surface area (Å²) >= 11 is 2.03. The lowest BCUT2D eigenvalue weighted by Crippen LogP contribution is -1.88. The summed E-state index contributed by atoms with van der Waals surface area (Å²) in [7, 11) is 0. The van der Waals surface area contributed by atoms with E-state index in [0.29, 0.717) is 11.0 Å². The fourth-order valence-electron chi connectivity index (χ4n) is 0.959. The third-order valence-corrected chi connectivity index (χ3v) is 2.30. The summed E-state index contributed by atoms with van der Waals surface area (Å²) in [6.45, 7) is 0. The number of pyridine rings is 1. The minimum absolute atomic E-state index is 0.0459. The van der Waals surface area contributed by atoms with E-state index in [9.17, 15) is 10.1 Å². The van der Waals surface area contributed by atoms with E-state index in [1.54, 1.807) is 0 Å². The molecular weight excluding hydrogens is 287 g/mol. The van der Waals surface area contributed by atoms with Gasteiger partial charge in [0, 0.05) is 6.07 Å². The molecule has 0 aliphatic rings. The normalized spacial score (nSPS) is 10.5. The number of hydrogen-bond donors (Lipinski definition) is 1. The minimum Gasteiger partial charge on any atom is -0.269 e. The van der Waals surface area contributed by atoms with Gasteiger partial charge in [-0.3, -0.25) is 15.2 Å². The van der Waals surface area contributed by atoms with Crippen LogP contribution in [0.25, 0.3) is 11.0 Å². The van der Waals surface area contributed by atoms with Crippen LogP contribution in [0.1, 0.15) is 0 Å². The summed E-state index contributed by atoms with van der Waals surface area (Å²) in [5.41, 5.74) is 1.13. The highest BCUT2D eigenvalue weighted by atomic mass is 127. The van der Waals surface area contributed by atoms with Crippen LogP contribution in [0.4, 0.5) is 5.69 Å². The molecule has 7 heteroatoms. The first-order chi connectivity index (χ1) is 6.18. The lowest BCUT2D eigenvalue weighted by Gasteiger charge is -1.89. The van der Waals surface area contributed by atoms with Crippen LogP contribution in [0.3, 0.4) is 0 Å². The van der Waals surface area contributed by atoms with Crippen molar-refractivity contribution < 1.29 is 4.92 Å². The number of H-pyrrole nitrogens is 1. The number of aromatic amines is 1. The van der Waals surface area contributed by atoms with Crippen molar-refractivity contribution in [3.8, 4) is 0 Å². The number of nitrogens with one attached hydrogen (secondary N) is 1. The number of nitrogens with zero attached hydrogens (tertiary/aromatic N) is 3. The van der Waals surface area contributed by atoms with Crippen LogP contribution in [0.15, 0.2) is 12.3 Å². The number of nitro groups is 1. The lowest BCUT2D eigenvalue weighted by atomic mass is 10.3. The average molecular weight is 290 g/mol. The zero-order valence-electron chi connectivity index (χ0n) is 6.19. The van der Waals surface area contributed by atoms with E-state index in [-0.39, 0.29) is 5.69 Å². The molecule has 2 aromatic heterocycles. The van der Waals surface area contributed by atoms with Crippen molar-refractivity contribution in [2.75, 3.05) is 0 Å². The molecule has 1 N–H and O–H groups in total. The Balaban J connectivity index is 2.70. The quantitative estimate of drug-likeness (QED) is 0.489. The summed E-state index contributed by atoms with van der Waals surface area (Å²) in [4.78, 5) is 13.8. The highest BCUT2D eigenvalue weighted by molar-refractivity contribution is 14.1. The predicted octanol–water partition coefficient (Wildman–Crippen LogP) is 1.47. The van der Waals surface area contributed by atoms with Crippen molar-refractivity contribution in [2.24, 2.45) is 0 Å². The van der Waals surface area contributed by atoms with Gasteiger partial charge in [-0.1, -0.05) is 0 Å². The van der Waals surface area contributed by atoms with E-state index in [1.807, 2.05) is 22.6 Å². The molecule has 2 heterocycles. The van der Waals surface area contributed by atoms with Gasteiger partial charge in [0.1, 0.15) is 20.9 Å². The van der Waals surface area contributed by atoms with Gasteiger partial charge in [0.05, 0.1) is 4.92 Å². The highest BCUT2D eigenvalue weighted by Gasteiger charge is 2.10. The second kappa shape index (κ2) is 2.91. The van der Waals surface area contributed by atoms with Gasteiger partial charge < -0.3 is 0 Å². The third kappa shape index (κ3) is 1.34. The van der Waals surface area contributed by atoms with Crippen LogP contribution in [0.2, 0.25) is 0 Å². The molecular formula is C6H3IN4O2. The van der Waals surface area contributed by atoms with Gasteiger partial charge in [-0.2, -0.15) is 5.10 Å². The van der Waals surface area contributed by atoms with E-state index >= 15 is 0 Å². The molecule has 0 atom stereocenters. The monoisotopic (exact) mass is 290 g/mol. The zero-order chi connectivity index (χ0) is 9.42. The van der Waals surface area contributed by atoms with Crippen LogP contribution in [0, 0.1) is 13.8 Å². The molecule has 6 nitrogen and oxygen atoms in total. The van der Waals surface area contributed by atoms with E-state index in [2.05, 4.69) is 15.2 Å². The molecule has 0 fully saturated rings. The Kier molecular flexibility index (Phi) is 1.87. The minimum atomic E-state index is -0.492. The van der Waals surface area contributed by atoms with Gasteiger partial charge >= 0.3 is 0 Å². The first kappa shape index (κ1) is 8.35. The van der Waals surface area contributed by atoms with Gasteiger partial charge in [-0.15, -0.1) is 0 Å². The summed E-state index contributed by atoms with van der Waals surface area (Å²) in [5.74, 6) is 0. The summed E-state index contributed by atoms with van der Waals surface area (Å²) < 4.78 is 0.780. The van der Waals surface area contributed by atoms with Crippen LogP contribution in [0.5, 0.6) is 0 Å². The van der Waals surface area contributed by atoms with E-state index in [4.69, 9.17) is 0 Å². The van der Waals surface area contributed by atoms with E-state index in [0.717, 1.165) is 3.70 Å². The maximum atomic E-state index is 10.4. The van der Waals surface area contributed by atoms with Crippen molar-refractivity contribution in [1.29, 1.82) is 0 Å². The first-order valence-corrected chi connectivity index (χ1v) is 4.40. The van der Waals surface area contributed by atoms with Crippen LogP contribution in [-0.4, -0.2) is 20.1 Å². The Labute approximate surface area is 85.6 Å². The molecule has 0 spiro atoms. The van der Waals surface area contributed by atoms with Gasteiger partial charge in [-0.05, 0) is 22.6 Å². The third-order valence-electron chi connectivity index (χ3n) is 1.55. The molecule has 66 valence electrons. The maximum absolute atomic E-state index is 10.4. The van der Waals surface area contributed by atoms with E-state index < -0.39 is 4.92 Å². The lowest BCUT2D eigenvalue weighted by molar-refractivity contribution is -0.385. The maximum Gasteiger partial charge on any atom is 0.289 e. The van der Waals surface area contributed by atoms with Crippen molar-refractivity contribution in [3.63, 3.8) is 0 Å². The summed E-state index contributed by atoms with van der Waals surface area (Å²) in [5, 5.41) is 16.9. The van der Waals surface area contributed by atoms with Gasteiger partial charge in [-0.25, -0.2) is 4.98 Å². The molecule has 0 unspecified atom stereocenters. The molecule has 0 bridgehead atoms. The summed E-state index contributed by atoms with van der Waals surface area (Å²) in [6, 6.07) is 1.39. The van der Waals surface area contributed by atoms with Gasteiger partial charge in [0.25, 0.3) is 5.69 Å². The van der Waals surface area contributed by atoms with Crippen molar-refractivity contribution in [2.45, 2.75) is 0 Å². The molecule has 0 aromatic carbocycles. The predicted molar refractivity (Wildman–Crippen MR) is 53.3 cm³/mol. The Morgan fingerprint density at radius 1 is 1.62 bits per heavy atom. The number of rotatable bonds is 1. The van der Waals surface area contributed by atoms with E-state index in [1.165, 1.54) is 12.3 Å². The number of halogens is 1. The zero-order valence-corrected chi connectivity index (χ0v) is 8.35. The fourth-order valence-corrected chi connectivity index (χ4v) is 1.50. The Morgan fingerprint density at radius 2 is 2.38 bits per heavy atom. The molecule has 2 rings (SSSR count). The van der Waals surface area contributed by atoms with Crippen molar-refractivity contribution >= 4 is 39.3 Å². The SMILES string of the molecule is O=[N+]([O-])c1cnc2c(I)[nH]nc2c1. The van der Waals surface area contributed by atoms with Crippen LogP contribution < -0.4 is 0 Å². The summed E-state index contributed by atoms with van der Waals surface area (Å²) in [6.07, 6.45) is 1.22. The molecule has 0 aliphatic heterocycles. The standard InChI is InChI=1S/C6H3IN4O2/c7-6-5-4(9-10-6)1-3(2-8-5)11(12)13/h1-2H,(H,9,10). The fraction of sp³-hybridized carbons (Fsp3) is 0. The van der Waals surface area contributed by atoms with Crippen LogP contribution in [-0.2, 0) is 0 Å². The second-order valence-corrected chi connectivity index (χ2v) is 3.43. The topological polar surface area (TPSA) is 84.7 Å². The molecule has 0 aliphatic carbocycles. The molecule has 13 heavy (non-hydrogen) atoms. The van der Waals surface area contributed by atoms with Crippen molar-refractivity contribution in [3.05, 3.63) is 26.1 Å². The average Bonchev–Trinajstić information content (AvgIpc) is 2.47. The number of aromatic nitrogens is 3. The molecule has 0 radical (unpaired) electrons. The van der Waals surface area contributed by atoms with Gasteiger partial charge in [0.15, 0.2) is 0 Å². The number of hydrogen-bond acceptors (Lipinski definition) is 4. The second-order valence-electron chi connectivity index (χ2n) is 2.36. The van der Waals surface area contributed by atoms with Gasteiger partial charge in [0.2, 0.25) is 0 Å². The molecule has 0 amide bonds. The largest absolute Gasteiger partial charge is 0.289 e. The Morgan fingerprint density at radius 3 is 3.08 bits per heavy atom. The smallest absolute Gasteiger partial charge is 0.269 e.